The van der Waals surface area contributed by atoms with Gasteiger partial charge < -0.3 is 18.6 Å². The molecule has 35 heavy (non-hydrogen) atoms. The third kappa shape index (κ3) is 4.54. The molecule has 11 heteroatoms. The molecule has 0 radical (unpaired) electrons. The molecular weight excluding hydrogens is 470 g/mol. The highest BCUT2D eigenvalue weighted by atomic mass is 32.2. The number of furan rings is 1. The van der Waals surface area contributed by atoms with Crippen LogP contribution >= 0.6 is 0 Å². The fraction of sp³-hybridized carbons (Fsp3) is 0.375. The topological polar surface area (TPSA) is 124 Å². The molecule has 1 aromatic carbocycles. The predicted octanol–water partition coefficient (Wildman–Crippen LogP) is 2.56. The predicted molar refractivity (Wildman–Crippen MR) is 126 cm³/mol. The van der Waals surface area contributed by atoms with Gasteiger partial charge in [-0.25, -0.2) is 8.42 Å². The molecule has 5 rings (SSSR count). The Morgan fingerprint density at radius 1 is 1.00 bits per heavy atom. The van der Waals surface area contributed by atoms with Crippen LogP contribution in [0.3, 0.4) is 0 Å². The number of amides is 1. The van der Waals surface area contributed by atoms with Gasteiger partial charge in [-0.05, 0) is 37.1 Å². The van der Waals surface area contributed by atoms with E-state index in [0.717, 1.165) is 0 Å². The van der Waals surface area contributed by atoms with Gasteiger partial charge in [0.2, 0.25) is 27.5 Å². The van der Waals surface area contributed by atoms with Crippen LogP contribution in [-0.4, -0.2) is 67.8 Å². The lowest BCUT2D eigenvalue weighted by Crippen LogP contribution is -2.52. The van der Waals surface area contributed by atoms with E-state index in [1.165, 1.54) is 10.6 Å². The van der Waals surface area contributed by atoms with Crippen molar-refractivity contribution in [3.05, 3.63) is 54.4 Å². The fourth-order valence-corrected chi connectivity index (χ4v) is 6.03. The second-order valence-corrected chi connectivity index (χ2v) is 10.5. The van der Waals surface area contributed by atoms with Gasteiger partial charge in [-0.1, -0.05) is 18.2 Å². The first-order valence-corrected chi connectivity index (χ1v) is 12.9. The Morgan fingerprint density at radius 2 is 1.71 bits per heavy atom. The number of benzene rings is 1. The van der Waals surface area contributed by atoms with Gasteiger partial charge in [0.25, 0.3) is 5.89 Å². The van der Waals surface area contributed by atoms with E-state index < -0.39 is 10.0 Å². The number of oxazole rings is 1. The Kier molecular flexibility index (Phi) is 6.32. The summed E-state index contributed by atoms with van der Waals surface area (Å²) in [4.78, 5) is 21.3. The van der Waals surface area contributed by atoms with Crippen molar-refractivity contribution in [3.63, 3.8) is 0 Å². The number of nitriles is 1. The summed E-state index contributed by atoms with van der Waals surface area (Å²) in [5, 5.41) is 9.48. The van der Waals surface area contributed by atoms with Gasteiger partial charge in [0.15, 0.2) is 5.76 Å². The minimum absolute atomic E-state index is 0.0516. The molecular formula is C24H25N5O5S. The fourth-order valence-electron chi connectivity index (χ4n) is 4.58. The Bertz CT molecular complexity index is 1310. The van der Waals surface area contributed by atoms with Crippen LogP contribution in [0, 0.1) is 17.2 Å². The molecule has 2 aliphatic heterocycles. The van der Waals surface area contributed by atoms with Crippen LogP contribution in [0.2, 0.25) is 0 Å². The summed E-state index contributed by atoms with van der Waals surface area (Å²) in [6, 6.07) is 13.9. The third-order valence-corrected chi connectivity index (χ3v) is 8.42. The average Bonchev–Trinajstić information content (AvgIpc) is 3.59. The maximum absolute atomic E-state index is 13.1. The van der Waals surface area contributed by atoms with Crippen LogP contribution in [0.1, 0.15) is 18.5 Å². The normalized spacial score (nSPS) is 17.9. The number of carbonyl (C=O) groups is 1. The van der Waals surface area contributed by atoms with Crippen LogP contribution in [0.25, 0.3) is 11.7 Å². The van der Waals surface area contributed by atoms with E-state index in [1.807, 2.05) is 4.90 Å². The van der Waals surface area contributed by atoms with Gasteiger partial charge in [-0.15, -0.1) is 0 Å². The standard InChI is InChI=1S/C24H25N5O5S/c25-17-20-24(34-22(26-20)21-7-4-16-33-21)28-10-8-18(9-11-28)23(30)27-12-14-29(15-13-27)35(31,32)19-5-2-1-3-6-19/h1-7,16,18H,8-15H2. The van der Waals surface area contributed by atoms with E-state index in [1.54, 1.807) is 47.4 Å². The summed E-state index contributed by atoms with van der Waals surface area (Å²) < 4.78 is 38.3. The zero-order valence-corrected chi connectivity index (χ0v) is 19.9. The summed E-state index contributed by atoms with van der Waals surface area (Å²) >= 11 is 0. The molecule has 0 N–H and O–H groups in total. The number of anilines is 1. The largest absolute Gasteiger partial charge is 0.459 e. The number of piperazine rings is 1. The SMILES string of the molecule is N#Cc1nc(-c2ccco2)oc1N1CCC(C(=O)N2CCN(S(=O)(=O)c3ccccc3)CC2)CC1. The quantitative estimate of drug-likeness (QED) is 0.529. The van der Waals surface area contributed by atoms with Crippen molar-refractivity contribution >= 4 is 21.8 Å². The molecule has 0 unspecified atom stereocenters. The van der Waals surface area contributed by atoms with Crippen molar-refractivity contribution in [2.75, 3.05) is 44.2 Å². The first-order chi connectivity index (χ1) is 17.0. The van der Waals surface area contributed by atoms with Gasteiger partial charge in [0.05, 0.1) is 11.2 Å². The van der Waals surface area contributed by atoms with Crippen LogP contribution < -0.4 is 4.90 Å². The summed E-state index contributed by atoms with van der Waals surface area (Å²) in [5.41, 5.74) is 0.192. The lowest BCUT2D eigenvalue weighted by molar-refractivity contribution is -0.137. The molecule has 0 saturated carbocycles. The summed E-state index contributed by atoms with van der Waals surface area (Å²) in [5.74, 6) is 0.996. The summed E-state index contributed by atoms with van der Waals surface area (Å²) in [6.07, 6.45) is 2.74. The molecule has 182 valence electrons. The van der Waals surface area contributed by atoms with Crippen LogP contribution in [0.15, 0.2) is 62.5 Å². The second-order valence-electron chi connectivity index (χ2n) is 8.57. The molecule has 0 atom stereocenters. The van der Waals surface area contributed by atoms with Crippen molar-refractivity contribution in [3.8, 4) is 17.7 Å². The molecule has 2 fully saturated rings. The molecule has 2 aromatic heterocycles. The highest BCUT2D eigenvalue weighted by molar-refractivity contribution is 7.89. The monoisotopic (exact) mass is 495 g/mol. The van der Waals surface area contributed by atoms with Crippen LogP contribution in [0.5, 0.6) is 0 Å². The summed E-state index contributed by atoms with van der Waals surface area (Å²) in [6.45, 7) is 2.42. The van der Waals surface area contributed by atoms with Crippen molar-refractivity contribution < 1.29 is 22.0 Å². The van der Waals surface area contributed by atoms with E-state index >= 15 is 0 Å². The second kappa shape index (κ2) is 9.56. The number of piperidine rings is 1. The lowest BCUT2D eigenvalue weighted by atomic mass is 9.95. The minimum atomic E-state index is -3.56. The van der Waals surface area contributed by atoms with Crippen molar-refractivity contribution in [1.29, 1.82) is 5.26 Å². The first kappa shape index (κ1) is 23.1. The van der Waals surface area contributed by atoms with Crippen LogP contribution in [0.4, 0.5) is 5.88 Å². The molecule has 2 saturated heterocycles. The molecule has 4 heterocycles. The molecule has 3 aromatic rings. The summed E-state index contributed by atoms with van der Waals surface area (Å²) in [7, 11) is -3.56. The van der Waals surface area contributed by atoms with E-state index in [4.69, 9.17) is 8.83 Å². The van der Waals surface area contributed by atoms with E-state index in [2.05, 4.69) is 11.1 Å². The molecule has 1 amide bonds. The maximum atomic E-state index is 13.1. The molecule has 0 aliphatic carbocycles. The van der Waals surface area contributed by atoms with Gasteiger partial charge in [0, 0.05) is 45.2 Å². The highest BCUT2D eigenvalue weighted by Gasteiger charge is 2.35. The number of hydrogen-bond acceptors (Lipinski definition) is 8. The molecule has 2 aliphatic rings. The van der Waals surface area contributed by atoms with Crippen LogP contribution in [-0.2, 0) is 14.8 Å². The third-order valence-electron chi connectivity index (χ3n) is 6.51. The number of aromatic nitrogens is 1. The number of sulfonamides is 1. The number of carbonyl (C=O) groups excluding carboxylic acids is 1. The maximum Gasteiger partial charge on any atom is 0.266 e. The number of nitrogens with zero attached hydrogens (tertiary/aromatic N) is 5. The molecule has 10 nitrogen and oxygen atoms in total. The Labute approximate surface area is 203 Å². The van der Waals surface area contributed by atoms with E-state index in [0.29, 0.717) is 50.7 Å². The Morgan fingerprint density at radius 3 is 2.34 bits per heavy atom. The Balaban J connectivity index is 1.18. The van der Waals surface area contributed by atoms with Gasteiger partial charge in [-0.3, -0.25) is 4.79 Å². The van der Waals surface area contributed by atoms with Crippen molar-refractivity contribution in [2.45, 2.75) is 17.7 Å². The minimum Gasteiger partial charge on any atom is -0.459 e. The van der Waals surface area contributed by atoms with E-state index in [9.17, 15) is 18.5 Å². The first-order valence-electron chi connectivity index (χ1n) is 11.5. The van der Waals surface area contributed by atoms with Crippen molar-refractivity contribution in [2.24, 2.45) is 5.92 Å². The average molecular weight is 496 g/mol. The number of hydrogen-bond donors (Lipinski definition) is 0. The lowest BCUT2D eigenvalue weighted by Gasteiger charge is -2.38. The molecule has 0 bridgehead atoms. The Hall–Kier alpha value is -3.62. The van der Waals surface area contributed by atoms with Gasteiger partial charge in [-0.2, -0.15) is 14.6 Å². The molecule has 0 spiro atoms. The number of rotatable bonds is 5. The van der Waals surface area contributed by atoms with Gasteiger partial charge in [0.1, 0.15) is 6.07 Å². The smallest absolute Gasteiger partial charge is 0.266 e. The zero-order valence-electron chi connectivity index (χ0n) is 19.0. The van der Waals surface area contributed by atoms with E-state index in [-0.39, 0.29) is 41.4 Å². The highest BCUT2D eigenvalue weighted by Crippen LogP contribution is 2.32. The van der Waals surface area contributed by atoms with Crippen molar-refractivity contribution in [1.82, 2.24) is 14.2 Å². The zero-order chi connectivity index (χ0) is 24.4. The van der Waals surface area contributed by atoms with Gasteiger partial charge >= 0.3 is 0 Å².